The molecule has 0 aliphatic carbocycles. The van der Waals surface area contributed by atoms with Crippen LogP contribution in [0.3, 0.4) is 0 Å². The molecule has 4 rings (SSSR count). The number of methoxy groups -OCH3 is 1. The van der Waals surface area contributed by atoms with Gasteiger partial charge in [0.1, 0.15) is 29.6 Å². The topological polar surface area (TPSA) is 56.6 Å². The standard InChI is InChI=1S/C20H17F2N3O3/c1-27-19-11-15(4-7-17(19)22)24-8-9-25-18(20(24)26)10-14(23-25)12-28-16-5-2-13(21)3-6-16/h2-7,10-11H,8-9,12H2,1H3. The van der Waals surface area contributed by atoms with E-state index >= 15 is 0 Å². The Morgan fingerprint density at radius 2 is 1.86 bits per heavy atom. The number of ether oxygens (including phenoxy) is 2. The zero-order valence-electron chi connectivity index (χ0n) is 15.1. The number of anilines is 1. The van der Waals surface area contributed by atoms with Gasteiger partial charge in [-0.25, -0.2) is 8.78 Å². The summed E-state index contributed by atoms with van der Waals surface area (Å²) in [5, 5.41) is 4.40. The monoisotopic (exact) mass is 385 g/mol. The van der Waals surface area contributed by atoms with E-state index in [0.29, 0.717) is 35.9 Å². The molecule has 0 unspecified atom stereocenters. The predicted molar refractivity (Wildman–Crippen MR) is 97.6 cm³/mol. The molecule has 0 fully saturated rings. The Morgan fingerprint density at radius 1 is 1.07 bits per heavy atom. The molecule has 144 valence electrons. The third-order valence-electron chi connectivity index (χ3n) is 4.48. The van der Waals surface area contributed by atoms with Crippen LogP contribution < -0.4 is 14.4 Å². The summed E-state index contributed by atoms with van der Waals surface area (Å²) >= 11 is 0. The predicted octanol–water partition coefficient (Wildman–Crippen LogP) is 3.41. The van der Waals surface area contributed by atoms with Crippen LogP contribution in [0, 0.1) is 11.6 Å². The molecule has 0 radical (unpaired) electrons. The van der Waals surface area contributed by atoms with Crippen LogP contribution in [0.2, 0.25) is 0 Å². The van der Waals surface area contributed by atoms with Crippen molar-refractivity contribution in [3.8, 4) is 11.5 Å². The highest BCUT2D eigenvalue weighted by atomic mass is 19.1. The molecule has 6 nitrogen and oxygen atoms in total. The van der Waals surface area contributed by atoms with Crippen LogP contribution in [-0.2, 0) is 13.2 Å². The number of hydrogen-bond donors (Lipinski definition) is 0. The highest BCUT2D eigenvalue weighted by Crippen LogP contribution is 2.27. The van der Waals surface area contributed by atoms with Crippen LogP contribution in [0.25, 0.3) is 0 Å². The maximum Gasteiger partial charge on any atom is 0.276 e. The average molecular weight is 385 g/mol. The van der Waals surface area contributed by atoms with Crippen molar-refractivity contribution in [3.05, 3.63) is 71.6 Å². The van der Waals surface area contributed by atoms with Gasteiger partial charge in [-0.15, -0.1) is 0 Å². The second kappa shape index (κ2) is 7.30. The van der Waals surface area contributed by atoms with Crippen LogP contribution in [0.15, 0.2) is 48.5 Å². The zero-order chi connectivity index (χ0) is 19.7. The molecule has 0 spiro atoms. The average Bonchev–Trinajstić information content (AvgIpc) is 3.13. The van der Waals surface area contributed by atoms with Crippen molar-refractivity contribution < 1.29 is 23.0 Å². The first-order chi connectivity index (χ1) is 13.5. The van der Waals surface area contributed by atoms with Gasteiger partial charge in [-0.2, -0.15) is 5.10 Å². The van der Waals surface area contributed by atoms with Crippen LogP contribution >= 0.6 is 0 Å². The molecule has 0 saturated carbocycles. The fourth-order valence-corrected chi connectivity index (χ4v) is 3.07. The van der Waals surface area contributed by atoms with Crippen LogP contribution in [0.5, 0.6) is 11.5 Å². The Balaban J connectivity index is 1.51. The van der Waals surface area contributed by atoms with E-state index in [9.17, 15) is 13.6 Å². The summed E-state index contributed by atoms with van der Waals surface area (Å²) in [6.45, 7) is 1.06. The van der Waals surface area contributed by atoms with E-state index in [2.05, 4.69) is 5.10 Å². The van der Waals surface area contributed by atoms with Gasteiger partial charge in [0.05, 0.1) is 13.7 Å². The Bertz CT molecular complexity index is 1020. The smallest absolute Gasteiger partial charge is 0.276 e. The van der Waals surface area contributed by atoms with Crippen molar-refractivity contribution >= 4 is 11.6 Å². The third-order valence-corrected chi connectivity index (χ3v) is 4.48. The minimum Gasteiger partial charge on any atom is -0.494 e. The summed E-state index contributed by atoms with van der Waals surface area (Å²) in [4.78, 5) is 14.4. The lowest BCUT2D eigenvalue weighted by Crippen LogP contribution is -2.40. The Morgan fingerprint density at radius 3 is 2.61 bits per heavy atom. The summed E-state index contributed by atoms with van der Waals surface area (Å²) in [5.41, 5.74) is 1.57. The highest BCUT2D eigenvalue weighted by molar-refractivity contribution is 6.05. The van der Waals surface area contributed by atoms with Crippen molar-refractivity contribution in [1.29, 1.82) is 0 Å². The number of fused-ring (bicyclic) bond motifs is 1. The molecule has 0 bridgehead atoms. The molecule has 28 heavy (non-hydrogen) atoms. The molecule has 0 N–H and O–H groups in total. The quantitative estimate of drug-likeness (QED) is 0.676. The fraction of sp³-hybridized carbons (Fsp3) is 0.200. The Labute approximate surface area is 159 Å². The summed E-state index contributed by atoms with van der Waals surface area (Å²) in [5.74, 6) is -0.467. The molecule has 2 heterocycles. The minimum absolute atomic E-state index is 0.0813. The highest BCUT2D eigenvalue weighted by Gasteiger charge is 2.28. The zero-order valence-corrected chi connectivity index (χ0v) is 15.1. The van der Waals surface area contributed by atoms with Gasteiger partial charge >= 0.3 is 0 Å². The molecule has 0 saturated heterocycles. The van der Waals surface area contributed by atoms with Gasteiger partial charge in [0, 0.05) is 18.3 Å². The summed E-state index contributed by atoms with van der Waals surface area (Å²) < 4.78 is 38.8. The first kappa shape index (κ1) is 18.0. The molecule has 1 amide bonds. The number of hydrogen-bond acceptors (Lipinski definition) is 4. The molecule has 1 aliphatic heterocycles. The molecule has 1 aromatic heterocycles. The second-order valence-corrected chi connectivity index (χ2v) is 6.26. The molecule has 2 aromatic carbocycles. The molecule has 8 heteroatoms. The van der Waals surface area contributed by atoms with E-state index in [-0.39, 0.29) is 24.1 Å². The van der Waals surface area contributed by atoms with E-state index in [1.165, 1.54) is 43.5 Å². The minimum atomic E-state index is -0.485. The molecular weight excluding hydrogens is 368 g/mol. The van der Waals surface area contributed by atoms with E-state index in [1.54, 1.807) is 21.7 Å². The lowest BCUT2D eigenvalue weighted by atomic mass is 10.2. The van der Waals surface area contributed by atoms with Crippen molar-refractivity contribution in [2.24, 2.45) is 0 Å². The van der Waals surface area contributed by atoms with E-state index < -0.39 is 5.82 Å². The Kier molecular flexibility index (Phi) is 4.68. The molecule has 0 atom stereocenters. The normalized spacial score (nSPS) is 13.4. The van der Waals surface area contributed by atoms with Gasteiger partial charge in [-0.1, -0.05) is 0 Å². The van der Waals surface area contributed by atoms with Crippen LogP contribution in [0.4, 0.5) is 14.5 Å². The van der Waals surface area contributed by atoms with Crippen LogP contribution in [0.1, 0.15) is 16.2 Å². The number of carbonyl (C=O) groups excluding carboxylic acids is 1. The molecule has 3 aromatic rings. The first-order valence-electron chi connectivity index (χ1n) is 8.65. The number of carbonyl (C=O) groups is 1. The van der Waals surface area contributed by atoms with Crippen molar-refractivity contribution in [2.45, 2.75) is 13.2 Å². The number of amides is 1. The number of nitrogens with zero attached hydrogens (tertiary/aromatic N) is 3. The molecule has 1 aliphatic rings. The first-order valence-corrected chi connectivity index (χ1v) is 8.65. The maximum absolute atomic E-state index is 13.6. The Hall–Kier alpha value is -3.42. The number of rotatable bonds is 5. The van der Waals surface area contributed by atoms with Gasteiger partial charge in [-0.3, -0.25) is 9.48 Å². The van der Waals surface area contributed by atoms with Gasteiger partial charge in [0.25, 0.3) is 5.91 Å². The van der Waals surface area contributed by atoms with Gasteiger partial charge in [0.15, 0.2) is 11.6 Å². The van der Waals surface area contributed by atoms with E-state index in [4.69, 9.17) is 9.47 Å². The number of halogens is 2. The van der Waals surface area contributed by atoms with E-state index in [1.807, 2.05) is 0 Å². The van der Waals surface area contributed by atoms with Crippen LogP contribution in [-0.4, -0.2) is 29.3 Å². The van der Waals surface area contributed by atoms with E-state index in [0.717, 1.165) is 0 Å². The number of benzene rings is 2. The largest absolute Gasteiger partial charge is 0.494 e. The third kappa shape index (κ3) is 3.40. The maximum atomic E-state index is 13.6. The second-order valence-electron chi connectivity index (χ2n) is 6.26. The fourth-order valence-electron chi connectivity index (χ4n) is 3.07. The SMILES string of the molecule is COc1cc(N2CCn3nc(COc4ccc(F)cc4)cc3C2=O)ccc1F. The van der Waals surface area contributed by atoms with Crippen molar-refractivity contribution in [1.82, 2.24) is 9.78 Å². The van der Waals surface area contributed by atoms with Gasteiger partial charge in [0.2, 0.25) is 0 Å². The van der Waals surface area contributed by atoms with Crippen molar-refractivity contribution in [3.63, 3.8) is 0 Å². The van der Waals surface area contributed by atoms with Gasteiger partial charge in [-0.05, 0) is 42.5 Å². The number of aromatic nitrogens is 2. The van der Waals surface area contributed by atoms with Gasteiger partial charge < -0.3 is 14.4 Å². The lowest BCUT2D eigenvalue weighted by molar-refractivity contribution is 0.0962. The van der Waals surface area contributed by atoms with Crippen molar-refractivity contribution in [2.75, 3.05) is 18.6 Å². The summed E-state index contributed by atoms with van der Waals surface area (Å²) in [7, 11) is 1.38. The summed E-state index contributed by atoms with van der Waals surface area (Å²) in [6.07, 6.45) is 0. The molecular formula is C20H17F2N3O3. The lowest BCUT2D eigenvalue weighted by Gasteiger charge is -2.27. The summed E-state index contributed by atoms with van der Waals surface area (Å²) in [6, 6.07) is 11.7.